The Morgan fingerprint density at radius 2 is 2.00 bits per heavy atom. The van der Waals surface area contributed by atoms with E-state index in [-0.39, 0.29) is 18.0 Å². The summed E-state index contributed by atoms with van der Waals surface area (Å²) in [6, 6.07) is 3.47. The third kappa shape index (κ3) is 6.31. The van der Waals surface area contributed by atoms with Crippen LogP contribution in [0.1, 0.15) is 13.3 Å². The molecule has 1 aromatic carbocycles. The van der Waals surface area contributed by atoms with Crippen molar-refractivity contribution in [3.8, 4) is 0 Å². The van der Waals surface area contributed by atoms with Gasteiger partial charge in [-0.25, -0.2) is 0 Å². The molecule has 0 saturated carbocycles. The highest BCUT2D eigenvalue weighted by atomic mass is 35.5. The Bertz CT molecular complexity index is 523. The highest BCUT2D eigenvalue weighted by Gasteiger charge is 2.21. The molecule has 116 valence electrons. The lowest BCUT2D eigenvalue weighted by Gasteiger charge is -2.15. The lowest BCUT2D eigenvalue weighted by Crippen LogP contribution is -2.42. The molecule has 0 aliphatic carbocycles. The number of carboxylic acid groups (broad SMARTS) is 1. The molecule has 0 aliphatic heterocycles. The molecule has 21 heavy (non-hydrogen) atoms. The number of carboxylic acids is 1. The molecule has 0 unspecified atom stereocenters. The third-order valence-electron chi connectivity index (χ3n) is 2.55. The molecule has 1 aromatic rings. The average Bonchev–Trinajstić information content (AvgIpc) is 2.37. The monoisotopic (exact) mass is 334 g/mol. The van der Waals surface area contributed by atoms with Crippen LogP contribution in [0.25, 0.3) is 0 Å². The summed E-state index contributed by atoms with van der Waals surface area (Å²) in [6.07, 6.45) is -0.998. The maximum atomic E-state index is 11.8. The van der Waals surface area contributed by atoms with Gasteiger partial charge in [-0.3, -0.25) is 9.59 Å². The van der Waals surface area contributed by atoms with Gasteiger partial charge in [-0.2, -0.15) is 0 Å². The summed E-state index contributed by atoms with van der Waals surface area (Å²) in [7, 11) is 0. The van der Waals surface area contributed by atoms with Gasteiger partial charge in [-0.15, -0.1) is 0 Å². The molecular weight excluding hydrogens is 319 g/mol. The number of rotatable bonds is 7. The zero-order chi connectivity index (χ0) is 16.0. The van der Waals surface area contributed by atoms with E-state index < -0.39 is 24.0 Å². The van der Waals surface area contributed by atoms with E-state index in [0.29, 0.717) is 10.7 Å². The predicted octanol–water partition coefficient (Wildman–Crippen LogP) is 1.75. The van der Waals surface area contributed by atoms with Gasteiger partial charge in [-0.05, 0) is 25.1 Å². The normalized spacial score (nSPS) is 13.5. The van der Waals surface area contributed by atoms with Crippen LogP contribution in [0.15, 0.2) is 18.2 Å². The summed E-state index contributed by atoms with van der Waals surface area (Å²) >= 11 is 11.7. The number of carbonyl (C=O) groups is 2. The number of hydrogen-bond acceptors (Lipinski definition) is 4. The lowest BCUT2D eigenvalue weighted by atomic mass is 10.2. The van der Waals surface area contributed by atoms with Crippen LogP contribution in [0.2, 0.25) is 10.0 Å². The molecule has 0 saturated heterocycles. The maximum absolute atomic E-state index is 11.8. The van der Waals surface area contributed by atoms with Gasteiger partial charge in [-0.1, -0.05) is 23.2 Å². The van der Waals surface area contributed by atoms with Crippen molar-refractivity contribution in [1.29, 1.82) is 0 Å². The van der Waals surface area contributed by atoms with E-state index in [4.69, 9.17) is 33.4 Å². The van der Waals surface area contributed by atoms with Crippen molar-refractivity contribution in [3.05, 3.63) is 28.2 Å². The number of aliphatic hydroxyl groups is 1. The standard InChI is InChI=1S/C13H16Cl2N2O4/c1-7(18)6-16-11(13(20)21)5-12(19)17-10-3-2-8(14)4-9(10)15/h2-4,7,11,16,18H,5-6H2,1H3,(H,17,19)(H,20,21)/t7-,11+/m1/s1. The molecule has 0 aliphatic rings. The molecule has 1 amide bonds. The molecular formula is C13H16Cl2N2O4. The fourth-order valence-electron chi connectivity index (χ4n) is 1.54. The number of hydrogen-bond donors (Lipinski definition) is 4. The molecule has 1 rings (SSSR count). The molecule has 2 atom stereocenters. The second kappa shape index (κ2) is 8.19. The van der Waals surface area contributed by atoms with E-state index in [1.807, 2.05) is 0 Å². The zero-order valence-corrected chi connectivity index (χ0v) is 12.8. The Hall–Kier alpha value is -1.34. The van der Waals surface area contributed by atoms with Gasteiger partial charge >= 0.3 is 5.97 Å². The quantitative estimate of drug-likeness (QED) is 0.608. The van der Waals surface area contributed by atoms with Gasteiger partial charge in [0.2, 0.25) is 5.91 Å². The van der Waals surface area contributed by atoms with Gasteiger partial charge in [0.25, 0.3) is 0 Å². The SMILES string of the molecule is C[C@@H](O)CN[C@@H](CC(=O)Nc1ccc(Cl)cc1Cl)C(=O)O. The van der Waals surface area contributed by atoms with Crippen molar-refractivity contribution in [2.24, 2.45) is 0 Å². The number of carbonyl (C=O) groups excluding carboxylic acids is 1. The van der Waals surface area contributed by atoms with Crippen LogP contribution >= 0.6 is 23.2 Å². The number of amides is 1. The second-order valence-corrected chi connectivity index (χ2v) is 5.37. The summed E-state index contributed by atoms with van der Waals surface area (Å²) in [6.45, 7) is 1.59. The number of aliphatic hydroxyl groups excluding tert-OH is 1. The third-order valence-corrected chi connectivity index (χ3v) is 3.10. The fourth-order valence-corrected chi connectivity index (χ4v) is 1.99. The molecule has 0 spiro atoms. The molecule has 0 heterocycles. The molecule has 6 nitrogen and oxygen atoms in total. The van der Waals surface area contributed by atoms with Gasteiger partial charge in [0.05, 0.1) is 23.2 Å². The topological polar surface area (TPSA) is 98.7 Å². The van der Waals surface area contributed by atoms with Gasteiger partial charge < -0.3 is 20.8 Å². The largest absolute Gasteiger partial charge is 0.480 e. The Morgan fingerprint density at radius 3 is 2.52 bits per heavy atom. The minimum Gasteiger partial charge on any atom is -0.480 e. The van der Waals surface area contributed by atoms with Gasteiger partial charge in [0, 0.05) is 11.6 Å². The number of nitrogens with one attached hydrogen (secondary N) is 2. The first-order valence-corrected chi connectivity index (χ1v) is 6.94. The number of anilines is 1. The van der Waals surface area contributed by atoms with Crippen LogP contribution in [0.5, 0.6) is 0 Å². The van der Waals surface area contributed by atoms with Crippen molar-refractivity contribution < 1.29 is 19.8 Å². The van der Waals surface area contributed by atoms with Crippen molar-refractivity contribution >= 4 is 40.8 Å². The van der Waals surface area contributed by atoms with Crippen LogP contribution < -0.4 is 10.6 Å². The summed E-state index contributed by atoms with van der Waals surface area (Å²) in [5, 5.41) is 24.0. The molecule has 8 heteroatoms. The van der Waals surface area contributed by atoms with E-state index in [0.717, 1.165) is 0 Å². The fraction of sp³-hybridized carbons (Fsp3) is 0.385. The molecule has 0 fully saturated rings. The Labute approximate surface area is 132 Å². The van der Waals surface area contributed by atoms with Crippen LogP contribution in [0, 0.1) is 0 Å². The van der Waals surface area contributed by atoms with E-state index in [9.17, 15) is 9.59 Å². The second-order valence-electron chi connectivity index (χ2n) is 4.52. The van der Waals surface area contributed by atoms with Gasteiger partial charge in [0.15, 0.2) is 0 Å². The van der Waals surface area contributed by atoms with Crippen molar-refractivity contribution in [2.75, 3.05) is 11.9 Å². The minimum atomic E-state index is -1.17. The summed E-state index contributed by atoms with van der Waals surface area (Å²) in [4.78, 5) is 22.9. The summed E-state index contributed by atoms with van der Waals surface area (Å²) in [5.41, 5.74) is 0.353. The van der Waals surface area contributed by atoms with Crippen LogP contribution in [0.4, 0.5) is 5.69 Å². The lowest BCUT2D eigenvalue weighted by molar-refractivity contribution is -0.141. The first-order chi connectivity index (χ1) is 9.79. The summed E-state index contributed by atoms with van der Waals surface area (Å²) < 4.78 is 0. The smallest absolute Gasteiger partial charge is 0.321 e. The van der Waals surface area contributed by atoms with E-state index in [2.05, 4.69) is 10.6 Å². The Kier molecular flexibility index (Phi) is 6.91. The minimum absolute atomic E-state index is 0.0753. The van der Waals surface area contributed by atoms with Crippen LogP contribution in [-0.2, 0) is 9.59 Å². The van der Waals surface area contributed by atoms with Crippen LogP contribution in [-0.4, -0.2) is 40.8 Å². The van der Waals surface area contributed by atoms with Crippen molar-refractivity contribution in [2.45, 2.75) is 25.5 Å². The van der Waals surface area contributed by atoms with Crippen molar-refractivity contribution in [1.82, 2.24) is 5.32 Å². The number of halogens is 2. The maximum Gasteiger partial charge on any atom is 0.321 e. The van der Waals surface area contributed by atoms with E-state index in [1.165, 1.54) is 19.1 Å². The predicted molar refractivity (Wildman–Crippen MR) is 80.8 cm³/mol. The molecule has 0 radical (unpaired) electrons. The Morgan fingerprint density at radius 1 is 1.33 bits per heavy atom. The van der Waals surface area contributed by atoms with Crippen molar-refractivity contribution in [3.63, 3.8) is 0 Å². The Balaban J connectivity index is 2.63. The molecule has 0 bridgehead atoms. The van der Waals surface area contributed by atoms with E-state index in [1.54, 1.807) is 6.07 Å². The number of benzene rings is 1. The molecule has 4 N–H and O–H groups in total. The zero-order valence-electron chi connectivity index (χ0n) is 11.3. The highest BCUT2D eigenvalue weighted by molar-refractivity contribution is 6.36. The van der Waals surface area contributed by atoms with E-state index >= 15 is 0 Å². The number of aliphatic carboxylic acids is 1. The van der Waals surface area contributed by atoms with Gasteiger partial charge in [0.1, 0.15) is 6.04 Å². The first-order valence-electron chi connectivity index (χ1n) is 6.18. The average molecular weight is 335 g/mol. The summed E-state index contributed by atoms with van der Waals surface area (Å²) in [5.74, 6) is -1.68. The first kappa shape index (κ1) is 17.7. The molecule has 0 aromatic heterocycles. The van der Waals surface area contributed by atoms with Crippen LogP contribution in [0.3, 0.4) is 0 Å². The highest BCUT2D eigenvalue weighted by Crippen LogP contribution is 2.25.